The van der Waals surface area contributed by atoms with E-state index in [0.717, 1.165) is 0 Å². The average molecular weight is 610 g/mol. The van der Waals surface area contributed by atoms with E-state index >= 15 is 0 Å². The van der Waals surface area contributed by atoms with Gasteiger partial charge in [0.2, 0.25) is 0 Å². The van der Waals surface area contributed by atoms with Gasteiger partial charge in [-0.1, -0.05) is 123 Å². The zero-order valence-corrected chi connectivity index (χ0v) is 26.9. The SMILES string of the molecule is CC1(C)c2ccccc2-c2cc3cc4c5ccccc5n(-c5cccc(-c6ccc7c8c(cccc68)-c6ccccc6-7)c5)c4cc3cc21. The van der Waals surface area contributed by atoms with E-state index in [2.05, 4.69) is 170 Å². The predicted octanol–water partition coefficient (Wildman–Crippen LogP) is 12.7. The van der Waals surface area contributed by atoms with Crippen molar-refractivity contribution in [1.82, 2.24) is 4.57 Å². The van der Waals surface area contributed by atoms with Crippen molar-refractivity contribution in [1.29, 1.82) is 0 Å². The molecule has 0 atom stereocenters. The van der Waals surface area contributed by atoms with Crippen LogP contribution < -0.4 is 0 Å². The molecule has 2 aliphatic carbocycles. The van der Waals surface area contributed by atoms with Crippen LogP contribution in [0.4, 0.5) is 0 Å². The van der Waals surface area contributed by atoms with Gasteiger partial charge in [-0.2, -0.15) is 0 Å². The van der Waals surface area contributed by atoms with Crippen molar-refractivity contribution in [3.63, 3.8) is 0 Å². The third kappa shape index (κ3) is 3.31. The van der Waals surface area contributed by atoms with Crippen molar-refractivity contribution in [2.45, 2.75) is 19.3 Å². The molecule has 11 rings (SSSR count). The highest BCUT2D eigenvalue weighted by molar-refractivity contribution is 6.19. The van der Waals surface area contributed by atoms with Crippen LogP contribution in [-0.4, -0.2) is 4.57 Å². The molecule has 0 spiro atoms. The highest BCUT2D eigenvalue weighted by Gasteiger charge is 2.35. The van der Waals surface area contributed by atoms with Crippen molar-refractivity contribution in [3.05, 3.63) is 163 Å². The minimum atomic E-state index is -0.0306. The topological polar surface area (TPSA) is 4.93 Å². The van der Waals surface area contributed by atoms with E-state index in [-0.39, 0.29) is 5.41 Å². The summed E-state index contributed by atoms with van der Waals surface area (Å²) < 4.78 is 2.47. The van der Waals surface area contributed by atoms with Crippen molar-refractivity contribution in [2.75, 3.05) is 0 Å². The Morgan fingerprint density at radius 2 is 1.06 bits per heavy atom. The third-order valence-electron chi connectivity index (χ3n) is 11.3. The second kappa shape index (κ2) is 9.12. The molecule has 1 heteroatoms. The van der Waals surface area contributed by atoms with E-state index in [4.69, 9.17) is 0 Å². The molecule has 0 bridgehead atoms. The van der Waals surface area contributed by atoms with Gasteiger partial charge in [-0.05, 0) is 120 Å². The zero-order valence-electron chi connectivity index (χ0n) is 26.9. The van der Waals surface area contributed by atoms with Crippen LogP contribution in [-0.2, 0) is 5.41 Å². The molecule has 48 heavy (non-hydrogen) atoms. The fourth-order valence-electron chi connectivity index (χ4n) is 9.06. The number of para-hydroxylation sites is 1. The normalized spacial score (nSPS) is 13.8. The zero-order chi connectivity index (χ0) is 31.7. The summed E-state index contributed by atoms with van der Waals surface area (Å²) in [4.78, 5) is 0. The summed E-state index contributed by atoms with van der Waals surface area (Å²) >= 11 is 0. The second-order valence-corrected chi connectivity index (χ2v) is 14.1. The van der Waals surface area contributed by atoms with E-state index in [0.29, 0.717) is 0 Å². The van der Waals surface area contributed by atoms with Gasteiger partial charge in [-0.25, -0.2) is 0 Å². The van der Waals surface area contributed by atoms with Gasteiger partial charge in [-0.15, -0.1) is 0 Å². The molecule has 0 radical (unpaired) electrons. The van der Waals surface area contributed by atoms with E-state index in [1.165, 1.54) is 105 Å². The maximum atomic E-state index is 2.47. The Balaban J connectivity index is 1.14. The van der Waals surface area contributed by atoms with E-state index in [9.17, 15) is 0 Å². The van der Waals surface area contributed by atoms with Gasteiger partial charge in [-0.3, -0.25) is 0 Å². The minimum absolute atomic E-state index is 0.0306. The van der Waals surface area contributed by atoms with Gasteiger partial charge in [0.15, 0.2) is 0 Å². The molecular weight excluding hydrogens is 579 g/mol. The summed E-state index contributed by atoms with van der Waals surface area (Å²) in [7, 11) is 0. The van der Waals surface area contributed by atoms with Gasteiger partial charge in [0.05, 0.1) is 11.0 Å². The van der Waals surface area contributed by atoms with E-state index < -0.39 is 0 Å². The van der Waals surface area contributed by atoms with Crippen molar-refractivity contribution >= 4 is 43.4 Å². The second-order valence-electron chi connectivity index (χ2n) is 14.1. The predicted molar refractivity (Wildman–Crippen MR) is 203 cm³/mol. The smallest absolute Gasteiger partial charge is 0.0547 e. The molecule has 0 aliphatic heterocycles. The Labute approximate surface area is 279 Å². The lowest BCUT2D eigenvalue weighted by atomic mass is 9.82. The number of fused-ring (bicyclic) bond motifs is 10. The largest absolute Gasteiger partial charge is 0.309 e. The quantitative estimate of drug-likeness (QED) is 0.184. The van der Waals surface area contributed by atoms with Crippen LogP contribution in [0.5, 0.6) is 0 Å². The first-order valence-electron chi connectivity index (χ1n) is 16.9. The fraction of sp³-hybridized carbons (Fsp3) is 0.0638. The number of benzene rings is 8. The summed E-state index contributed by atoms with van der Waals surface area (Å²) in [5, 5.41) is 7.82. The van der Waals surface area contributed by atoms with Gasteiger partial charge in [0.1, 0.15) is 0 Å². The Kier molecular flexibility index (Phi) is 4.97. The summed E-state index contributed by atoms with van der Waals surface area (Å²) in [5.74, 6) is 0. The minimum Gasteiger partial charge on any atom is -0.309 e. The van der Waals surface area contributed by atoms with Crippen LogP contribution in [0, 0.1) is 0 Å². The van der Waals surface area contributed by atoms with Gasteiger partial charge >= 0.3 is 0 Å². The summed E-state index contributed by atoms with van der Waals surface area (Å²) in [6.07, 6.45) is 0. The first-order valence-corrected chi connectivity index (χ1v) is 16.9. The molecule has 224 valence electrons. The number of hydrogen-bond acceptors (Lipinski definition) is 0. The molecule has 1 heterocycles. The number of aromatic nitrogens is 1. The van der Waals surface area contributed by atoms with Gasteiger partial charge < -0.3 is 4.57 Å². The highest BCUT2D eigenvalue weighted by atomic mass is 15.0. The molecular formula is C47H31N. The molecule has 0 unspecified atom stereocenters. The number of rotatable bonds is 2. The fourth-order valence-corrected chi connectivity index (χ4v) is 9.06. The third-order valence-corrected chi connectivity index (χ3v) is 11.3. The van der Waals surface area contributed by atoms with Crippen molar-refractivity contribution in [3.8, 4) is 50.2 Å². The Morgan fingerprint density at radius 1 is 0.396 bits per heavy atom. The first-order chi connectivity index (χ1) is 23.6. The molecule has 9 aromatic rings. The Morgan fingerprint density at radius 3 is 1.94 bits per heavy atom. The van der Waals surface area contributed by atoms with Gasteiger partial charge in [0, 0.05) is 21.9 Å². The molecule has 1 nitrogen and oxygen atoms in total. The maximum Gasteiger partial charge on any atom is 0.0547 e. The van der Waals surface area contributed by atoms with Crippen LogP contribution in [0.3, 0.4) is 0 Å². The lowest BCUT2D eigenvalue weighted by Crippen LogP contribution is -2.14. The molecule has 0 amide bonds. The molecule has 0 saturated carbocycles. The Hall–Kier alpha value is -5.92. The summed E-state index contributed by atoms with van der Waals surface area (Å²) in [5.41, 5.74) is 17.0. The number of nitrogens with zero attached hydrogens (tertiary/aromatic N) is 1. The lowest BCUT2D eigenvalue weighted by molar-refractivity contribution is 0.661. The van der Waals surface area contributed by atoms with E-state index in [1.54, 1.807) is 0 Å². The van der Waals surface area contributed by atoms with Crippen LogP contribution in [0.25, 0.3) is 93.5 Å². The lowest BCUT2D eigenvalue weighted by Gasteiger charge is -2.21. The summed E-state index contributed by atoms with van der Waals surface area (Å²) in [6.45, 7) is 4.73. The molecule has 8 aromatic carbocycles. The average Bonchev–Trinajstić information content (AvgIpc) is 3.71. The maximum absolute atomic E-state index is 2.47. The highest BCUT2D eigenvalue weighted by Crippen LogP contribution is 2.51. The van der Waals surface area contributed by atoms with Crippen LogP contribution in [0.15, 0.2) is 152 Å². The van der Waals surface area contributed by atoms with Crippen LogP contribution in [0.1, 0.15) is 25.0 Å². The molecule has 0 fully saturated rings. The first kappa shape index (κ1) is 26.2. The standard InChI is InChI=1S/C47H31N/c1-47(2)42-19-7-5-15-35(42)40-24-29-25-41-36-16-6-8-20-44(36)48(45(41)27-30(29)26-43(40)47)31-12-9-11-28(23-31)32-21-22-39-34-14-4-3-13-33(34)38-18-10-17-37(32)46(38)39/h3-27H,1-2H3. The van der Waals surface area contributed by atoms with Crippen LogP contribution >= 0.6 is 0 Å². The van der Waals surface area contributed by atoms with E-state index in [1.807, 2.05) is 0 Å². The molecule has 1 aromatic heterocycles. The number of hydrogen-bond donors (Lipinski definition) is 0. The Bertz CT molecular complexity index is 2830. The monoisotopic (exact) mass is 609 g/mol. The molecule has 2 aliphatic rings. The summed E-state index contributed by atoms with van der Waals surface area (Å²) in [6, 6.07) is 56.9. The van der Waals surface area contributed by atoms with Crippen LogP contribution in [0.2, 0.25) is 0 Å². The van der Waals surface area contributed by atoms with Gasteiger partial charge in [0.25, 0.3) is 0 Å². The van der Waals surface area contributed by atoms with Crippen molar-refractivity contribution < 1.29 is 0 Å². The van der Waals surface area contributed by atoms with Crippen molar-refractivity contribution in [2.24, 2.45) is 0 Å². The molecule has 0 saturated heterocycles. The molecule has 0 N–H and O–H groups in total.